The molecule has 0 radical (unpaired) electrons. The minimum absolute atomic E-state index is 0.0479. The topological polar surface area (TPSA) is 87.5 Å². The molecule has 0 bridgehead atoms. The number of hydrogen-bond donors (Lipinski definition) is 3. The smallest absolute Gasteiger partial charge is 0.279 e. The first-order valence-corrected chi connectivity index (χ1v) is 14.1. The molecule has 0 spiro atoms. The second-order valence-corrected chi connectivity index (χ2v) is 13.2. The van der Waals surface area contributed by atoms with Crippen molar-refractivity contribution < 1.29 is 14.6 Å². The van der Waals surface area contributed by atoms with Gasteiger partial charge in [-0.1, -0.05) is 31.2 Å². The number of nitrogens with one attached hydrogen (secondary N) is 1. The van der Waals surface area contributed by atoms with E-state index >= 15 is 0 Å². The molecule has 2 aromatic carbocycles. The van der Waals surface area contributed by atoms with E-state index in [0.29, 0.717) is 11.8 Å². The third-order valence-electron chi connectivity index (χ3n) is 6.64. The van der Waals surface area contributed by atoms with Gasteiger partial charge in [0.2, 0.25) is 0 Å². The zero-order valence-electron chi connectivity index (χ0n) is 18.4. The van der Waals surface area contributed by atoms with Crippen molar-refractivity contribution in [2.24, 2.45) is 5.92 Å². The summed E-state index contributed by atoms with van der Waals surface area (Å²) >= 11 is 0. The first-order chi connectivity index (χ1) is 14.8. The van der Waals surface area contributed by atoms with Crippen LogP contribution >= 0.6 is 0 Å². The number of nitrogens with zero attached hydrogens (tertiary/aromatic N) is 1. The highest BCUT2D eigenvalue weighted by atomic mass is 28.4. The molecule has 31 heavy (non-hydrogen) atoms. The Morgan fingerprint density at radius 1 is 1.06 bits per heavy atom. The highest BCUT2D eigenvalue weighted by Gasteiger charge is 2.49. The van der Waals surface area contributed by atoms with Gasteiger partial charge in [0, 0.05) is 12.1 Å². The maximum Gasteiger partial charge on any atom is 0.279 e. The van der Waals surface area contributed by atoms with Crippen molar-refractivity contribution in [1.29, 1.82) is 0 Å². The van der Waals surface area contributed by atoms with Gasteiger partial charge >= 0.3 is 0 Å². The first kappa shape index (κ1) is 22.0. The quantitative estimate of drug-likeness (QED) is 0.490. The Balaban J connectivity index is 1.45. The van der Waals surface area contributed by atoms with Crippen LogP contribution < -0.4 is 5.56 Å². The number of rotatable bonds is 7. The molecule has 7 heteroatoms. The fourth-order valence-corrected chi connectivity index (χ4v) is 7.82. The molecule has 1 fully saturated rings. The average Bonchev–Trinajstić information content (AvgIpc) is 3.24. The summed E-state index contributed by atoms with van der Waals surface area (Å²) in [7, 11) is -2.37. The lowest BCUT2D eigenvalue weighted by atomic mass is 9.95. The molecule has 0 unspecified atom stereocenters. The van der Waals surface area contributed by atoms with Crippen LogP contribution in [0.4, 0.5) is 0 Å². The van der Waals surface area contributed by atoms with E-state index in [2.05, 4.69) is 24.2 Å². The third-order valence-corrected chi connectivity index (χ3v) is 9.17. The Labute approximate surface area is 183 Å². The number of aromatic nitrogens is 2. The number of aryl methyl sites for hydroxylation is 1. The number of benzene rings is 2. The van der Waals surface area contributed by atoms with Crippen molar-refractivity contribution in [3.8, 4) is 5.69 Å². The molecule has 1 aliphatic rings. The summed E-state index contributed by atoms with van der Waals surface area (Å²) in [5.41, 5.74) is 2.92. The minimum Gasteiger partial charge on any atom is -0.432 e. The van der Waals surface area contributed by atoms with E-state index in [1.165, 1.54) is 5.56 Å². The summed E-state index contributed by atoms with van der Waals surface area (Å²) in [5, 5.41) is 13.2. The number of aliphatic hydroxyl groups is 1. The maximum absolute atomic E-state index is 12.6. The maximum atomic E-state index is 12.6. The van der Waals surface area contributed by atoms with Gasteiger partial charge in [-0.15, -0.1) is 0 Å². The van der Waals surface area contributed by atoms with Crippen LogP contribution in [0.3, 0.4) is 0 Å². The second kappa shape index (κ2) is 8.74. The van der Waals surface area contributed by atoms with Gasteiger partial charge in [0.15, 0.2) is 8.32 Å². The highest BCUT2D eigenvalue weighted by Crippen LogP contribution is 2.45. The summed E-state index contributed by atoms with van der Waals surface area (Å²) in [6.45, 7) is 6.19. The van der Waals surface area contributed by atoms with Crippen molar-refractivity contribution in [2.45, 2.75) is 57.0 Å². The summed E-state index contributed by atoms with van der Waals surface area (Å²) in [5.74, 6) is 0.271. The van der Waals surface area contributed by atoms with Gasteiger partial charge < -0.3 is 14.6 Å². The van der Waals surface area contributed by atoms with Crippen molar-refractivity contribution in [3.63, 3.8) is 0 Å². The normalized spacial score (nSPS) is 24.2. The predicted molar refractivity (Wildman–Crippen MR) is 125 cm³/mol. The van der Waals surface area contributed by atoms with Gasteiger partial charge in [0.1, 0.15) is 0 Å². The average molecular weight is 441 g/mol. The van der Waals surface area contributed by atoms with Crippen LogP contribution in [0.15, 0.2) is 53.3 Å². The molecule has 4 atom stereocenters. The molecule has 6 nitrogen and oxygen atoms in total. The van der Waals surface area contributed by atoms with E-state index in [-0.39, 0.29) is 35.8 Å². The number of fused-ring (bicyclic) bond motifs is 1. The second-order valence-electron chi connectivity index (χ2n) is 9.27. The molecular weight excluding hydrogens is 408 g/mol. The Morgan fingerprint density at radius 2 is 1.77 bits per heavy atom. The van der Waals surface area contributed by atoms with Crippen LogP contribution in [0.5, 0.6) is 0 Å². The van der Waals surface area contributed by atoms with Crippen LogP contribution in [-0.4, -0.2) is 46.8 Å². The van der Waals surface area contributed by atoms with Crippen LogP contribution in [-0.2, 0) is 11.2 Å². The summed E-state index contributed by atoms with van der Waals surface area (Å²) in [6, 6.07) is 15.5. The molecule has 0 aliphatic carbocycles. The Morgan fingerprint density at radius 3 is 2.42 bits per heavy atom. The van der Waals surface area contributed by atoms with Gasteiger partial charge in [0.05, 0.1) is 28.8 Å². The lowest BCUT2D eigenvalue weighted by molar-refractivity contribution is 0.0192. The van der Waals surface area contributed by atoms with E-state index in [1.807, 2.05) is 49.5 Å². The predicted octanol–water partition coefficient (Wildman–Crippen LogP) is 3.60. The molecule has 1 saturated heterocycles. The van der Waals surface area contributed by atoms with E-state index in [9.17, 15) is 14.7 Å². The number of aromatic amines is 1. The van der Waals surface area contributed by atoms with Gasteiger partial charge in [-0.2, -0.15) is 0 Å². The Kier molecular flexibility index (Phi) is 6.21. The van der Waals surface area contributed by atoms with Gasteiger partial charge in [-0.05, 0) is 68.1 Å². The molecule has 1 aliphatic heterocycles. The molecular formula is C24H32N2O4Si. The first-order valence-electron chi connectivity index (χ1n) is 11.1. The molecule has 0 amide bonds. The standard InChI is InChI=1S/C24H32N2O4Si/c1-16-21(30-22(14-15-27)23(16)31(2,3)29)13-10-17-8-11-18(12-9-17)26-24(28)19-6-4-5-7-20(19)25-26/h4-9,11-12,16,21-23,25,27,29H,10,13-15H2,1-3H3/t16-,21+,22-,23+/m0/s1. The lowest BCUT2D eigenvalue weighted by Gasteiger charge is -2.30. The van der Waals surface area contributed by atoms with Crippen LogP contribution in [0.1, 0.15) is 25.3 Å². The number of aliphatic hydroxyl groups excluding tert-OH is 1. The van der Waals surface area contributed by atoms with Gasteiger partial charge in [-0.25, -0.2) is 4.68 Å². The molecule has 3 aromatic rings. The van der Waals surface area contributed by atoms with E-state index < -0.39 is 8.32 Å². The van der Waals surface area contributed by atoms with Gasteiger partial charge in [0.25, 0.3) is 5.56 Å². The Bertz CT molecular complexity index is 1080. The monoisotopic (exact) mass is 440 g/mol. The van der Waals surface area contributed by atoms with Crippen LogP contribution in [0, 0.1) is 5.92 Å². The van der Waals surface area contributed by atoms with E-state index in [4.69, 9.17) is 4.74 Å². The number of H-pyrrole nitrogens is 1. The number of hydrogen-bond acceptors (Lipinski definition) is 4. The summed E-state index contributed by atoms with van der Waals surface area (Å²) in [4.78, 5) is 23.4. The van der Waals surface area contributed by atoms with Crippen molar-refractivity contribution >= 4 is 19.2 Å². The summed E-state index contributed by atoms with van der Waals surface area (Å²) < 4.78 is 7.86. The molecule has 4 rings (SSSR count). The largest absolute Gasteiger partial charge is 0.432 e. The number of para-hydroxylation sites is 1. The SMILES string of the molecule is C[C@@H]1[C@@H]([Si](C)(C)O)[C@H](CCO)O[C@@H]1CCc1ccc(-n2[nH]c3ccccc3c2=O)cc1. The summed E-state index contributed by atoms with van der Waals surface area (Å²) in [6.07, 6.45) is 2.33. The molecule has 3 N–H and O–H groups in total. The Hall–Kier alpha value is -2.19. The van der Waals surface area contributed by atoms with Crippen molar-refractivity contribution in [2.75, 3.05) is 6.61 Å². The fourth-order valence-electron chi connectivity index (χ4n) is 5.17. The van der Waals surface area contributed by atoms with Crippen LogP contribution in [0.2, 0.25) is 18.6 Å². The number of ether oxygens (including phenoxy) is 1. The van der Waals surface area contributed by atoms with Crippen molar-refractivity contribution in [3.05, 3.63) is 64.4 Å². The van der Waals surface area contributed by atoms with Crippen molar-refractivity contribution in [1.82, 2.24) is 9.78 Å². The third kappa shape index (κ3) is 4.41. The molecule has 166 valence electrons. The van der Waals surface area contributed by atoms with Crippen LogP contribution in [0.25, 0.3) is 16.6 Å². The zero-order valence-corrected chi connectivity index (χ0v) is 19.4. The molecule has 1 aromatic heterocycles. The highest BCUT2D eigenvalue weighted by molar-refractivity contribution is 6.71. The lowest BCUT2D eigenvalue weighted by Crippen LogP contribution is -2.40. The van der Waals surface area contributed by atoms with E-state index in [0.717, 1.165) is 24.0 Å². The minimum atomic E-state index is -2.37. The molecule has 0 saturated carbocycles. The van der Waals surface area contributed by atoms with E-state index in [1.54, 1.807) is 4.68 Å². The molecule has 2 heterocycles. The zero-order chi connectivity index (χ0) is 22.2. The van der Waals surface area contributed by atoms with Gasteiger partial charge in [-0.3, -0.25) is 9.89 Å². The fraction of sp³-hybridized carbons (Fsp3) is 0.458.